The number of hydrogen-bond acceptors (Lipinski definition) is 3. The summed E-state index contributed by atoms with van der Waals surface area (Å²) >= 11 is 0. The largest absolute Gasteiger partial charge is 0.390 e. The van der Waals surface area contributed by atoms with Crippen LogP contribution in [0, 0.1) is 5.92 Å². The van der Waals surface area contributed by atoms with Gasteiger partial charge in [0, 0.05) is 27.6 Å². The molecule has 2 amide bonds. The maximum atomic E-state index is 12.6. The molecule has 0 aromatic heterocycles. The van der Waals surface area contributed by atoms with Gasteiger partial charge in [-0.3, -0.25) is 9.59 Å². The number of carbonyl (C=O) groups excluding carboxylic acids is 2. The Labute approximate surface area is 144 Å². The van der Waals surface area contributed by atoms with Gasteiger partial charge in [0.25, 0.3) is 0 Å². The van der Waals surface area contributed by atoms with Crippen LogP contribution in [-0.4, -0.2) is 59.5 Å². The van der Waals surface area contributed by atoms with E-state index in [1.54, 1.807) is 23.9 Å². The lowest BCUT2D eigenvalue weighted by atomic mass is 10.0. The number of amides is 2. The zero-order valence-corrected chi connectivity index (χ0v) is 14.8. The zero-order valence-electron chi connectivity index (χ0n) is 14.8. The zero-order chi connectivity index (χ0) is 17.7. The van der Waals surface area contributed by atoms with E-state index in [1.165, 1.54) is 12.5 Å². The highest BCUT2D eigenvalue weighted by Crippen LogP contribution is 2.30. The molecular weight excluding hydrogens is 304 g/mol. The smallest absolute Gasteiger partial charge is 0.228 e. The summed E-state index contributed by atoms with van der Waals surface area (Å²) in [6.45, 7) is 2.15. The van der Waals surface area contributed by atoms with Gasteiger partial charge in [-0.1, -0.05) is 30.3 Å². The van der Waals surface area contributed by atoms with Crippen LogP contribution in [0.25, 0.3) is 0 Å². The molecule has 1 N–H and O–H groups in total. The van der Waals surface area contributed by atoms with Gasteiger partial charge in [-0.25, -0.2) is 0 Å². The van der Waals surface area contributed by atoms with Crippen LogP contribution in [0.15, 0.2) is 30.3 Å². The fraction of sp³-hybridized carbons (Fsp3) is 0.579. The molecule has 0 unspecified atom stereocenters. The van der Waals surface area contributed by atoms with E-state index in [9.17, 15) is 14.7 Å². The van der Waals surface area contributed by atoms with Crippen molar-refractivity contribution in [2.24, 2.45) is 5.92 Å². The standard InChI is InChI=1S/C19H28N2O3/c1-14(22)21(3)17-12-11-16(18(17)23)19(24)20(2)13-7-10-15-8-5-4-6-9-15/h4-6,8-9,16-18,23H,7,10-13H2,1-3H3/t16-,17-,18+/m1/s1. The van der Waals surface area contributed by atoms with Gasteiger partial charge in [-0.05, 0) is 31.2 Å². The Bertz CT molecular complexity index is 561. The second kappa shape index (κ2) is 8.29. The van der Waals surface area contributed by atoms with E-state index in [4.69, 9.17) is 0 Å². The highest BCUT2D eigenvalue weighted by molar-refractivity contribution is 5.80. The molecule has 1 aromatic carbocycles. The summed E-state index contributed by atoms with van der Waals surface area (Å²) in [4.78, 5) is 27.3. The third-order valence-corrected chi connectivity index (χ3v) is 5.07. The van der Waals surface area contributed by atoms with Crippen molar-refractivity contribution in [2.75, 3.05) is 20.6 Å². The number of aliphatic hydroxyl groups is 1. The molecule has 2 rings (SSSR count). The molecule has 1 aliphatic carbocycles. The number of hydrogen-bond donors (Lipinski definition) is 1. The summed E-state index contributed by atoms with van der Waals surface area (Å²) < 4.78 is 0. The van der Waals surface area contributed by atoms with Gasteiger partial charge in [0.1, 0.15) is 0 Å². The first-order valence-corrected chi connectivity index (χ1v) is 8.62. The highest BCUT2D eigenvalue weighted by Gasteiger charge is 2.42. The topological polar surface area (TPSA) is 60.9 Å². The van der Waals surface area contributed by atoms with Gasteiger partial charge in [-0.15, -0.1) is 0 Å². The fourth-order valence-electron chi connectivity index (χ4n) is 3.44. The van der Waals surface area contributed by atoms with E-state index < -0.39 is 12.0 Å². The fourth-order valence-corrected chi connectivity index (χ4v) is 3.44. The molecule has 1 saturated carbocycles. The van der Waals surface area contributed by atoms with Crippen LogP contribution in [0.4, 0.5) is 0 Å². The molecule has 24 heavy (non-hydrogen) atoms. The monoisotopic (exact) mass is 332 g/mol. The maximum Gasteiger partial charge on any atom is 0.228 e. The van der Waals surface area contributed by atoms with Crippen LogP contribution in [0.1, 0.15) is 31.7 Å². The van der Waals surface area contributed by atoms with E-state index in [0.717, 1.165) is 12.8 Å². The van der Waals surface area contributed by atoms with Crippen molar-refractivity contribution in [3.05, 3.63) is 35.9 Å². The lowest BCUT2D eigenvalue weighted by Crippen LogP contribution is -2.45. The van der Waals surface area contributed by atoms with Crippen LogP contribution in [0.3, 0.4) is 0 Å². The average molecular weight is 332 g/mol. The third-order valence-electron chi connectivity index (χ3n) is 5.07. The summed E-state index contributed by atoms with van der Waals surface area (Å²) in [5.74, 6) is -0.503. The Balaban J connectivity index is 1.83. The van der Waals surface area contributed by atoms with Crippen molar-refractivity contribution in [1.82, 2.24) is 9.80 Å². The Hall–Kier alpha value is -1.88. The van der Waals surface area contributed by atoms with Gasteiger partial charge >= 0.3 is 0 Å². The lowest BCUT2D eigenvalue weighted by Gasteiger charge is -2.29. The molecule has 1 aromatic rings. The molecule has 0 saturated heterocycles. The molecule has 0 aliphatic heterocycles. The molecule has 0 heterocycles. The Morgan fingerprint density at radius 2 is 1.83 bits per heavy atom. The predicted molar refractivity (Wildman–Crippen MR) is 93.4 cm³/mol. The van der Waals surface area contributed by atoms with Crippen LogP contribution in [0.2, 0.25) is 0 Å². The van der Waals surface area contributed by atoms with E-state index in [0.29, 0.717) is 19.4 Å². The molecule has 132 valence electrons. The minimum absolute atomic E-state index is 0.0185. The number of benzene rings is 1. The normalized spacial score (nSPS) is 23.1. The Morgan fingerprint density at radius 1 is 1.17 bits per heavy atom. The molecule has 1 fully saturated rings. The van der Waals surface area contributed by atoms with Crippen molar-refractivity contribution in [3.8, 4) is 0 Å². The van der Waals surface area contributed by atoms with Crippen molar-refractivity contribution < 1.29 is 14.7 Å². The number of aryl methyl sites for hydroxylation is 1. The second-order valence-corrected chi connectivity index (χ2v) is 6.72. The van der Waals surface area contributed by atoms with Gasteiger partial charge in [-0.2, -0.15) is 0 Å². The third kappa shape index (κ3) is 4.35. The minimum Gasteiger partial charge on any atom is -0.390 e. The molecule has 3 atom stereocenters. The summed E-state index contributed by atoms with van der Waals surface area (Å²) in [7, 11) is 3.48. The minimum atomic E-state index is -0.775. The second-order valence-electron chi connectivity index (χ2n) is 6.72. The molecular formula is C19H28N2O3. The molecule has 0 spiro atoms. The first-order valence-electron chi connectivity index (χ1n) is 8.62. The van der Waals surface area contributed by atoms with Crippen molar-refractivity contribution in [3.63, 3.8) is 0 Å². The van der Waals surface area contributed by atoms with Gasteiger partial charge in [0.15, 0.2) is 0 Å². The van der Waals surface area contributed by atoms with Gasteiger partial charge < -0.3 is 14.9 Å². The van der Waals surface area contributed by atoms with E-state index in [1.807, 2.05) is 18.2 Å². The number of nitrogens with zero attached hydrogens (tertiary/aromatic N) is 2. The van der Waals surface area contributed by atoms with Crippen LogP contribution in [-0.2, 0) is 16.0 Å². The SMILES string of the molecule is CC(=O)N(C)[C@@H]1CC[C@@H](C(=O)N(C)CCCc2ccccc2)[C@@H]1O. The summed E-state index contributed by atoms with van der Waals surface area (Å²) in [5, 5.41) is 10.4. The van der Waals surface area contributed by atoms with E-state index >= 15 is 0 Å². The summed E-state index contributed by atoms with van der Waals surface area (Å²) in [6.07, 6.45) is 2.35. The maximum absolute atomic E-state index is 12.6. The number of carbonyl (C=O) groups is 2. The molecule has 5 nitrogen and oxygen atoms in total. The average Bonchev–Trinajstić information content (AvgIpc) is 2.95. The van der Waals surface area contributed by atoms with Crippen LogP contribution >= 0.6 is 0 Å². The van der Waals surface area contributed by atoms with Crippen molar-refractivity contribution in [2.45, 2.75) is 44.8 Å². The van der Waals surface area contributed by atoms with Crippen LogP contribution < -0.4 is 0 Å². The Morgan fingerprint density at radius 3 is 2.46 bits per heavy atom. The van der Waals surface area contributed by atoms with Crippen molar-refractivity contribution in [1.29, 1.82) is 0 Å². The number of likely N-dealkylation sites (N-methyl/N-ethyl adjacent to an activating group) is 1. The van der Waals surface area contributed by atoms with E-state index in [-0.39, 0.29) is 17.9 Å². The molecule has 0 radical (unpaired) electrons. The summed E-state index contributed by atoms with van der Waals surface area (Å²) in [5.41, 5.74) is 1.27. The lowest BCUT2D eigenvalue weighted by molar-refractivity contribution is -0.140. The van der Waals surface area contributed by atoms with Crippen LogP contribution in [0.5, 0.6) is 0 Å². The first kappa shape index (κ1) is 18.5. The molecule has 0 bridgehead atoms. The van der Waals surface area contributed by atoms with E-state index in [2.05, 4.69) is 12.1 Å². The number of rotatable bonds is 6. The quantitative estimate of drug-likeness (QED) is 0.862. The molecule has 1 aliphatic rings. The highest BCUT2D eigenvalue weighted by atomic mass is 16.3. The van der Waals surface area contributed by atoms with Gasteiger partial charge in [0.05, 0.1) is 18.1 Å². The summed E-state index contributed by atoms with van der Waals surface area (Å²) in [6, 6.07) is 9.95. The first-order chi connectivity index (χ1) is 11.4. The predicted octanol–water partition coefficient (Wildman–Crippen LogP) is 1.70. The van der Waals surface area contributed by atoms with Crippen molar-refractivity contribution >= 4 is 11.8 Å². The Kier molecular flexibility index (Phi) is 6.37. The number of aliphatic hydroxyl groups excluding tert-OH is 1. The molecule has 5 heteroatoms. The van der Waals surface area contributed by atoms with Gasteiger partial charge in [0.2, 0.25) is 11.8 Å².